The van der Waals surface area contributed by atoms with Crippen LogP contribution in [0.4, 0.5) is 16.2 Å². The zero-order valence-corrected chi connectivity index (χ0v) is 23.8. The largest absolute Gasteiger partial charge is 0.382 e. The summed E-state index contributed by atoms with van der Waals surface area (Å²) in [6.45, 7) is -2.60. The van der Waals surface area contributed by atoms with E-state index < -0.39 is 61.1 Å². The van der Waals surface area contributed by atoms with E-state index in [9.17, 15) is 9.69 Å². The minimum atomic E-state index is -4.11. The zero-order chi connectivity index (χ0) is 29.8. The molecule has 3 unspecified atom stereocenters. The Kier molecular flexibility index (Phi) is 5.98. The number of hydrogen-bond acceptors (Lipinski definition) is 15. The number of alkyl halides is 1. The summed E-state index contributed by atoms with van der Waals surface area (Å²) in [5.74, 6) is -0.313. The summed E-state index contributed by atoms with van der Waals surface area (Å²) in [7, 11) is 0. The Morgan fingerprint density at radius 1 is 1.12 bits per heavy atom. The van der Waals surface area contributed by atoms with E-state index in [1.54, 1.807) is 11.5 Å². The first-order chi connectivity index (χ1) is 20.5. The van der Waals surface area contributed by atoms with E-state index in [4.69, 9.17) is 51.3 Å². The number of fused-ring (bicyclic) bond motifs is 4. The Balaban J connectivity index is 1.11. The molecule has 0 amide bonds. The van der Waals surface area contributed by atoms with Crippen molar-refractivity contribution in [3.63, 3.8) is 0 Å². The van der Waals surface area contributed by atoms with E-state index in [0.717, 1.165) is 0 Å². The van der Waals surface area contributed by atoms with E-state index >= 15 is 4.39 Å². The number of rotatable bonds is 2. The number of aromatic amines is 1. The van der Waals surface area contributed by atoms with Crippen LogP contribution in [0.1, 0.15) is 19.4 Å². The van der Waals surface area contributed by atoms with E-state index in [2.05, 4.69) is 29.9 Å². The molecule has 4 saturated heterocycles. The maximum absolute atomic E-state index is 15.9. The molecule has 228 valence electrons. The van der Waals surface area contributed by atoms with Gasteiger partial charge in [-0.25, -0.2) is 24.3 Å². The van der Waals surface area contributed by atoms with Crippen molar-refractivity contribution in [2.45, 2.75) is 55.8 Å². The van der Waals surface area contributed by atoms with Crippen molar-refractivity contribution in [2.24, 2.45) is 5.92 Å². The summed E-state index contributed by atoms with van der Waals surface area (Å²) in [4.78, 5) is 46.4. The summed E-state index contributed by atoms with van der Waals surface area (Å²) in [5.41, 5.74) is 10.9. The molecule has 4 aliphatic rings. The van der Waals surface area contributed by atoms with Gasteiger partial charge in [-0.15, -0.1) is 0 Å². The van der Waals surface area contributed by atoms with Crippen LogP contribution in [-0.2, 0) is 39.8 Å². The third kappa shape index (κ3) is 4.13. The highest BCUT2D eigenvalue weighted by Crippen LogP contribution is 2.56. The van der Waals surface area contributed by atoms with Crippen molar-refractivity contribution in [3.8, 4) is 0 Å². The molecule has 8 heterocycles. The molecular formula is C22H24FN10O8PS. The van der Waals surface area contributed by atoms with Crippen LogP contribution in [0.15, 0.2) is 23.8 Å². The van der Waals surface area contributed by atoms with Gasteiger partial charge in [0.1, 0.15) is 24.1 Å². The lowest BCUT2D eigenvalue weighted by atomic mass is 9.76. The highest BCUT2D eigenvalue weighted by atomic mass is 32.5. The third-order valence-corrected chi connectivity index (χ3v) is 9.73. The quantitative estimate of drug-likeness (QED) is 0.205. The highest BCUT2D eigenvalue weighted by Gasteiger charge is 2.65. The van der Waals surface area contributed by atoms with Crippen molar-refractivity contribution < 1.29 is 37.3 Å². The van der Waals surface area contributed by atoms with Crippen molar-refractivity contribution in [1.29, 1.82) is 0 Å². The number of nitrogens with one attached hydrogen (secondary N) is 1. The van der Waals surface area contributed by atoms with Gasteiger partial charge >= 0.3 is 6.72 Å². The predicted molar refractivity (Wildman–Crippen MR) is 145 cm³/mol. The topological polar surface area (TPSA) is 235 Å². The van der Waals surface area contributed by atoms with Crippen LogP contribution >= 0.6 is 6.72 Å². The van der Waals surface area contributed by atoms with Crippen LogP contribution in [0.25, 0.3) is 22.3 Å². The molecule has 0 saturated carbocycles. The average molecular weight is 639 g/mol. The minimum absolute atomic E-state index is 0.00864. The van der Waals surface area contributed by atoms with Gasteiger partial charge in [0.15, 0.2) is 47.5 Å². The molecule has 0 spiro atoms. The van der Waals surface area contributed by atoms with Crippen molar-refractivity contribution in [1.82, 2.24) is 39.0 Å². The lowest BCUT2D eigenvalue weighted by Crippen LogP contribution is -2.63. The molecule has 0 aromatic carbocycles. The summed E-state index contributed by atoms with van der Waals surface area (Å²) < 4.78 is 54.8. The van der Waals surface area contributed by atoms with Crippen LogP contribution in [0, 0.1) is 5.92 Å². The molecule has 43 heavy (non-hydrogen) atoms. The first-order valence-corrected chi connectivity index (χ1v) is 15.7. The van der Waals surface area contributed by atoms with Crippen LogP contribution in [0.5, 0.6) is 0 Å². The highest BCUT2D eigenvalue weighted by molar-refractivity contribution is 8.07. The van der Waals surface area contributed by atoms with Gasteiger partial charge in [0.25, 0.3) is 5.56 Å². The smallest absolute Gasteiger partial charge is 0.325 e. The van der Waals surface area contributed by atoms with Crippen LogP contribution in [0.3, 0.4) is 0 Å². The molecule has 4 aliphatic heterocycles. The van der Waals surface area contributed by atoms with Crippen molar-refractivity contribution in [3.05, 3.63) is 29.3 Å². The van der Waals surface area contributed by atoms with Gasteiger partial charge in [-0.3, -0.25) is 23.4 Å². The van der Waals surface area contributed by atoms with E-state index in [1.165, 1.54) is 23.5 Å². The Bertz CT molecular complexity index is 1870. The standard InChI is InChI=1S/C22H24FN10O8PS/c1-22-3-36-20-9(23)13(19(39-20)33-6-29-11-16(33)30-21(25)31-17(11)34)41-42(35,43)37-2-7-8(22)12(40-22)18(38-7)32-5-28-10-14(24)26-4-27-15(10)32/h4-9,12-13,18-20H,2-3H2,1H3,(H,35,43)(H2,24,26,27)(H3,25,30,31,34)/t7-,8-,9+,12-,13-,18-,19-,20?,22?,42?/m1/s1. The second-order valence-corrected chi connectivity index (χ2v) is 13.6. The van der Waals surface area contributed by atoms with E-state index in [1.807, 2.05) is 0 Å². The molecule has 4 aromatic heterocycles. The number of aromatic nitrogens is 8. The van der Waals surface area contributed by atoms with Gasteiger partial charge in [0, 0.05) is 5.92 Å². The first-order valence-electron chi connectivity index (χ1n) is 13.1. The monoisotopic (exact) mass is 638 g/mol. The molecule has 21 heteroatoms. The summed E-state index contributed by atoms with van der Waals surface area (Å²) in [6.07, 6.45) is -4.00. The molecule has 0 aliphatic carbocycles. The second kappa shape index (κ2) is 9.40. The zero-order valence-electron chi connectivity index (χ0n) is 22.1. The number of anilines is 2. The fourth-order valence-electron chi connectivity index (χ4n) is 6.27. The lowest BCUT2D eigenvalue weighted by Gasteiger charge is -2.51. The normalized spacial score (nSPS) is 39.3. The Morgan fingerprint density at radius 2 is 1.86 bits per heavy atom. The van der Waals surface area contributed by atoms with Crippen LogP contribution in [-0.4, -0.2) is 93.5 Å². The summed E-state index contributed by atoms with van der Waals surface area (Å²) >= 11 is 5.28. The van der Waals surface area contributed by atoms with Gasteiger partial charge in [-0.05, 0) is 18.7 Å². The first kappa shape index (κ1) is 27.4. The Morgan fingerprint density at radius 3 is 2.67 bits per heavy atom. The molecular weight excluding hydrogens is 614 g/mol. The van der Waals surface area contributed by atoms with Gasteiger partial charge in [0.2, 0.25) is 5.95 Å². The maximum Gasteiger partial charge on any atom is 0.325 e. The number of nitrogen functional groups attached to an aromatic ring is 2. The predicted octanol–water partition coefficient (Wildman–Crippen LogP) is -0.363. The van der Waals surface area contributed by atoms with Crippen LogP contribution < -0.4 is 17.0 Å². The number of halogens is 1. The minimum Gasteiger partial charge on any atom is -0.382 e. The van der Waals surface area contributed by atoms with Gasteiger partial charge in [0.05, 0.1) is 37.6 Å². The fourth-order valence-corrected chi connectivity index (χ4v) is 7.67. The number of hydrogen-bond donors (Lipinski definition) is 4. The Hall–Kier alpha value is -3.20. The van der Waals surface area contributed by atoms with E-state index in [-0.39, 0.29) is 42.1 Å². The van der Waals surface area contributed by atoms with Crippen molar-refractivity contribution in [2.75, 3.05) is 24.7 Å². The van der Waals surface area contributed by atoms with Gasteiger partial charge in [-0.2, -0.15) is 4.98 Å². The number of imidazole rings is 2. The van der Waals surface area contributed by atoms with Crippen molar-refractivity contribution >= 4 is 52.6 Å². The molecule has 10 atom stereocenters. The molecule has 4 aromatic rings. The second-order valence-electron chi connectivity index (χ2n) is 10.8. The Labute approximate surface area is 244 Å². The van der Waals surface area contributed by atoms with Crippen LogP contribution in [0.2, 0.25) is 0 Å². The fraction of sp³-hybridized carbons (Fsp3) is 0.545. The average Bonchev–Trinajstić information content (AvgIpc) is 3.70. The molecule has 6 N–H and O–H groups in total. The van der Waals surface area contributed by atoms with Gasteiger partial charge < -0.3 is 39.8 Å². The maximum atomic E-state index is 15.9. The SMILES string of the molecule is CC12COC3O[C@@H](n4cnc5c(=O)[nH]c(N)nc54)[C@H](OP(O)(=S)OC[C@H]4O[C@@H](n5cnc6c(N)ncnc65)[C@H](O1)[C@@H]42)[C@@H]3F. The van der Waals surface area contributed by atoms with Gasteiger partial charge in [-0.1, -0.05) is 0 Å². The number of ether oxygens (including phenoxy) is 4. The summed E-state index contributed by atoms with van der Waals surface area (Å²) in [5, 5.41) is 0. The molecule has 18 nitrogen and oxygen atoms in total. The number of H-pyrrole nitrogens is 1. The molecule has 0 radical (unpaired) electrons. The number of nitrogens with two attached hydrogens (primary N) is 2. The van der Waals surface area contributed by atoms with E-state index in [0.29, 0.717) is 11.2 Å². The lowest BCUT2D eigenvalue weighted by molar-refractivity contribution is -0.291. The molecule has 2 bridgehead atoms. The molecule has 4 fully saturated rings. The molecule has 8 rings (SSSR count). The third-order valence-electron chi connectivity index (χ3n) is 8.17. The number of nitrogens with zero attached hydrogens (tertiary/aromatic N) is 7. The summed E-state index contributed by atoms with van der Waals surface area (Å²) in [6, 6.07) is 0.